The summed E-state index contributed by atoms with van der Waals surface area (Å²) < 4.78 is 4.97. The third kappa shape index (κ3) is 3.14. The van der Waals surface area contributed by atoms with Crippen molar-refractivity contribution in [2.24, 2.45) is 0 Å². The van der Waals surface area contributed by atoms with Gasteiger partial charge >= 0.3 is 0 Å². The first-order valence-electron chi connectivity index (χ1n) is 4.04. The van der Waals surface area contributed by atoms with Gasteiger partial charge in [0.15, 0.2) is 0 Å². The molecule has 0 aliphatic heterocycles. The molecule has 1 nitrogen and oxygen atoms in total. The smallest absolute Gasteiger partial charge is 0.120 e. The number of halogens is 1. The summed E-state index contributed by atoms with van der Waals surface area (Å²) in [7, 11) is 1.63. The minimum absolute atomic E-state index is 0.749. The molecule has 0 saturated carbocycles. The highest BCUT2D eigenvalue weighted by atomic mass is 35.5. The van der Waals surface area contributed by atoms with E-state index in [2.05, 4.69) is 0 Å². The van der Waals surface area contributed by atoms with Crippen LogP contribution in [-0.2, 0) is 0 Å². The lowest BCUT2D eigenvalue weighted by atomic mass is 10.2. The second kappa shape index (κ2) is 5.90. The van der Waals surface area contributed by atoms with Crippen LogP contribution in [0.2, 0.25) is 5.02 Å². The van der Waals surface area contributed by atoms with Crippen LogP contribution in [0.4, 0.5) is 0 Å². The summed E-state index contributed by atoms with van der Waals surface area (Å²) in [6, 6.07) is 5.62. The molecule has 0 fully saturated rings. The van der Waals surface area contributed by atoms with Crippen molar-refractivity contribution < 1.29 is 4.74 Å². The Hall–Kier alpha value is -0.690. The fourth-order valence-corrected chi connectivity index (χ4v) is 0.871. The molecule has 0 aromatic heterocycles. The lowest BCUT2D eigenvalue weighted by molar-refractivity contribution is 0.414. The Labute approximate surface area is 79.3 Å². The highest BCUT2D eigenvalue weighted by Gasteiger charge is 1.95. The maximum atomic E-state index is 5.81. The molecular weight excluding hydrogens is 172 g/mol. The molecule has 2 heteroatoms. The number of methoxy groups -OCH3 is 1. The van der Waals surface area contributed by atoms with Gasteiger partial charge in [0, 0.05) is 5.02 Å². The lowest BCUT2D eigenvalue weighted by Gasteiger charge is -2.00. The molecule has 1 aromatic rings. The van der Waals surface area contributed by atoms with Crippen LogP contribution in [0.3, 0.4) is 0 Å². The Kier molecular flexibility index (Phi) is 5.56. The van der Waals surface area contributed by atoms with E-state index in [4.69, 9.17) is 16.3 Å². The van der Waals surface area contributed by atoms with Crippen LogP contribution in [-0.4, -0.2) is 7.11 Å². The van der Waals surface area contributed by atoms with Gasteiger partial charge in [0.25, 0.3) is 0 Å². The Balaban J connectivity index is 0.000000561. The first kappa shape index (κ1) is 11.3. The molecule has 1 aromatic carbocycles. The molecule has 0 heterocycles. The van der Waals surface area contributed by atoms with Crippen molar-refractivity contribution in [3.8, 4) is 5.75 Å². The Morgan fingerprint density at radius 3 is 2.25 bits per heavy atom. The molecule has 0 unspecified atom stereocenters. The second-order valence-electron chi connectivity index (χ2n) is 2.12. The van der Waals surface area contributed by atoms with Gasteiger partial charge in [-0.25, -0.2) is 0 Å². The Morgan fingerprint density at radius 1 is 1.25 bits per heavy atom. The van der Waals surface area contributed by atoms with E-state index in [9.17, 15) is 0 Å². The Morgan fingerprint density at radius 2 is 1.83 bits per heavy atom. The van der Waals surface area contributed by atoms with E-state index < -0.39 is 0 Å². The van der Waals surface area contributed by atoms with Crippen LogP contribution in [0.1, 0.15) is 19.4 Å². The van der Waals surface area contributed by atoms with E-state index >= 15 is 0 Å². The molecule has 12 heavy (non-hydrogen) atoms. The van der Waals surface area contributed by atoms with Gasteiger partial charge in [-0.15, -0.1) is 0 Å². The molecule has 0 atom stereocenters. The Bertz CT molecular complexity index is 233. The zero-order valence-electron chi connectivity index (χ0n) is 8.02. The fraction of sp³-hybridized carbons (Fsp3) is 0.400. The summed E-state index contributed by atoms with van der Waals surface area (Å²) in [4.78, 5) is 0. The highest BCUT2D eigenvalue weighted by Crippen LogP contribution is 2.20. The number of hydrogen-bond donors (Lipinski definition) is 0. The van der Waals surface area contributed by atoms with Crippen LogP contribution in [0, 0.1) is 6.92 Å². The monoisotopic (exact) mass is 186 g/mol. The third-order valence-corrected chi connectivity index (χ3v) is 1.79. The van der Waals surface area contributed by atoms with Crippen molar-refractivity contribution in [2.45, 2.75) is 20.8 Å². The first-order valence-corrected chi connectivity index (χ1v) is 4.42. The van der Waals surface area contributed by atoms with E-state index in [1.165, 1.54) is 0 Å². The van der Waals surface area contributed by atoms with Crippen molar-refractivity contribution in [1.82, 2.24) is 0 Å². The van der Waals surface area contributed by atoms with Crippen LogP contribution in [0.25, 0.3) is 0 Å². The minimum atomic E-state index is 0.749. The normalized spacial score (nSPS) is 8.42. The van der Waals surface area contributed by atoms with Gasteiger partial charge in [-0.1, -0.05) is 31.5 Å². The van der Waals surface area contributed by atoms with E-state index in [-0.39, 0.29) is 0 Å². The maximum absolute atomic E-state index is 5.81. The largest absolute Gasteiger partial charge is 0.497 e. The highest BCUT2D eigenvalue weighted by molar-refractivity contribution is 6.31. The van der Waals surface area contributed by atoms with Crippen LogP contribution in [0.5, 0.6) is 5.75 Å². The predicted octanol–water partition coefficient (Wildman–Crippen LogP) is 3.68. The average Bonchev–Trinajstić information content (AvgIpc) is 2.13. The minimum Gasteiger partial charge on any atom is -0.497 e. The van der Waals surface area contributed by atoms with Crippen molar-refractivity contribution in [2.75, 3.05) is 7.11 Å². The summed E-state index contributed by atoms with van der Waals surface area (Å²) in [5, 5.41) is 0.749. The van der Waals surface area contributed by atoms with Gasteiger partial charge in [0.1, 0.15) is 5.75 Å². The molecule has 0 bridgehead atoms. The van der Waals surface area contributed by atoms with Gasteiger partial charge < -0.3 is 4.74 Å². The van der Waals surface area contributed by atoms with E-state index in [1.54, 1.807) is 13.2 Å². The molecule has 0 aliphatic carbocycles. The van der Waals surface area contributed by atoms with E-state index in [1.807, 2.05) is 32.9 Å². The number of ether oxygens (including phenoxy) is 1. The zero-order chi connectivity index (χ0) is 9.56. The summed E-state index contributed by atoms with van der Waals surface area (Å²) in [6.45, 7) is 5.96. The predicted molar refractivity (Wildman–Crippen MR) is 54.1 cm³/mol. The number of rotatable bonds is 1. The van der Waals surface area contributed by atoms with Crippen LogP contribution < -0.4 is 4.74 Å². The average molecular weight is 187 g/mol. The maximum Gasteiger partial charge on any atom is 0.120 e. The lowest BCUT2D eigenvalue weighted by Crippen LogP contribution is -1.82. The molecule has 0 N–H and O–H groups in total. The van der Waals surface area contributed by atoms with Gasteiger partial charge in [-0.2, -0.15) is 0 Å². The van der Waals surface area contributed by atoms with Gasteiger partial charge in [-0.05, 0) is 24.6 Å². The summed E-state index contributed by atoms with van der Waals surface area (Å²) >= 11 is 5.81. The van der Waals surface area contributed by atoms with Crippen molar-refractivity contribution in [3.05, 3.63) is 28.8 Å². The van der Waals surface area contributed by atoms with Crippen molar-refractivity contribution >= 4 is 11.6 Å². The van der Waals surface area contributed by atoms with Gasteiger partial charge in [0.05, 0.1) is 7.11 Å². The van der Waals surface area contributed by atoms with Crippen molar-refractivity contribution in [1.29, 1.82) is 0 Å². The van der Waals surface area contributed by atoms with Crippen molar-refractivity contribution in [3.63, 3.8) is 0 Å². The molecule has 1 rings (SSSR count). The first-order chi connectivity index (χ1) is 5.74. The number of hydrogen-bond acceptors (Lipinski definition) is 1. The molecule has 0 radical (unpaired) electrons. The summed E-state index contributed by atoms with van der Waals surface area (Å²) in [5.41, 5.74) is 1.07. The molecule has 0 aliphatic rings. The van der Waals surface area contributed by atoms with Gasteiger partial charge in [0.2, 0.25) is 0 Å². The quantitative estimate of drug-likeness (QED) is 0.650. The van der Waals surface area contributed by atoms with E-state index in [0.29, 0.717) is 0 Å². The molecule has 0 spiro atoms. The number of aryl methyl sites for hydroxylation is 1. The number of benzene rings is 1. The third-order valence-electron chi connectivity index (χ3n) is 1.38. The molecule has 0 saturated heterocycles. The fourth-order valence-electron chi connectivity index (χ4n) is 0.701. The summed E-state index contributed by atoms with van der Waals surface area (Å²) in [6.07, 6.45) is 0. The topological polar surface area (TPSA) is 9.23 Å². The SMILES string of the molecule is CC.COc1ccc(C)c(Cl)c1. The van der Waals surface area contributed by atoms with Crippen LogP contribution >= 0.6 is 11.6 Å². The standard InChI is InChI=1S/C8H9ClO.C2H6/c1-6-3-4-7(10-2)5-8(6)9;1-2/h3-5H,1-2H3;1-2H3. The molecular formula is C10H15ClO. The molecule has 0 amide bonds. The summed E-state index contributed by atoms with van der Waals surface area (Å²) in [5.74, 6) is 0.801. The molecule has 68 valence electrons. The van der Waals surface area contributed by atoms with E-state index in [0.717, 1.165) is 16.3 Å². The van der Waals surface area contributed by atoms with Crippen LogP contribution in [0.15, 0.2) is 18.2 Å². The zero-order valence-corrected chi connectivity index (χ0v) is 8.77. The van der Waals surface area contributed by atoms with Gasteiger partial charge in [-0.3, -0.25) is 0 Å². The second-order valence-corrected chi connectivity index (χ2v) is 2.52.